The molecule has 1 rings (SSSR count). The maximum Gasteiger partial charge on any atom is 0.236 e. The van der Waals surface area contributed by atoms with E-state index in [-0.39, 0.29) is 5.75 Å². The molecule has 0 aromatic carbocycles. The highest BCUT2D eigenvalue weighted by Gasteiger charge is 2.00. The number of hydrogen-bond donors (Lipinski definition) is 0. The van der Waals surface area contributed by atoms with Gasteiger partial charge in [0.2, 0.25) is 9.05 Å². The largest absolute Gasteiger partial charge is 0.236 e. The summed E-state index contributed by atoms with van der Waals surface area (Å²) in [7, 11) is 1.61. The first-order valence-corrected chi connectivity index (χ1v) is 7.40. The van der Waals surface area contributed by atoms with Gasteiger partial charge in [-0.2, -0.15) is 0 Å². The van der Waals surface area contributed by atoms with E-state index in [4.69, 9.17) is 10.7 Å². The van der Waals surface area contributed by atoms with Crippen LogP contribution in [0.4, 0.5) is 0 Å². The molecule has 0 bridgehead atoms. The van der Waals surface area contributed by atoms with E-state index >= 15 is 0 Å². The van der Waals surface area contributed by atoms with Crippen molar-refractivity contribution in [2.24, 2.45) is 0 Å². The average Bonchev–Trinajstić information content (AvgIpc) is 2.33. The molecule has 0 unspecified atom stereocenters. The molecular weight excluding hydrogens is 296 g/mol. The molecular formula is C7H6BrClO2S2. The highest BCUT2D eigenvalue weighted by molar-refractivity contribution is 9.11. The van der Waals surface area contributed by atoms with Crippen LogP contribution in [0.1, 0.15) is 4.88 Å². The van der Waals surface area contributed by atoms with Gasteiger partial charge in [0, 0.05) is 15.6 Å². The van der Waals surface area contributed by atoms with Crippen LogP contribution in [0.25, 0.3) is 6.08 Å². The van der Waals surface area contributed by atoms with E-state index in [9.17, 15) is 8.42 Å². The van der Waals surface area contributed by atoms with E-state index in [1.165, 1.54) is 17.4 Å². The first-order chi connectivity index (χ1) is 5.97. The molecule has 0 saturated carbocycles. The van der Waals surface area contributed by atoms with Gasteiger partial charge in [0.1, 0.15) is 0 Å². The summed E-state index contributed by atoms with van der Waals surface area (Å²) in [6, 6.07) is 3.80. The lowest BCUT2D eigenvalue weighted by molar-refractivity contribution is 0.612. The third-order valence-corrected chi connectivity index (χ3v) is 3.73. The van der Waals surface area contributed by atoms with Crippen LogP contribution in [-0.2, 0) is 9.05 Å². The molecule has 1 aromatic rings. The minimum atomic E-state index is -3.41. The van der Waals surface area contributed by atoms with E-state index in [1.807, 2.05) is 12.1 Å². The summed E-state index contributed by atoms with van der Waals surface area (Å²) < 4.78 is 22.1. The van der Waals surface area contributed by atoms with Crippen molar-refractivity contribution in [2.75, 3.05) is 5.75 Å². The smallest absolute Gasteiger partial charge is 0.212 e. The molecule has 0 aliphatic rings. The minimum absolute atomic E-state index is 0.135. The Morgan fingerprint density at radius 1 is 1.54 bits per heavy atom. The molecule has 0 atom stereocenters. The molecule has 1 aromatic heterocycles. The standard InChI is InChI=1S/C7H6BrClO2S2/c8-7-4-3-6(12-7)2-1-5-13(9,10)11/h1-4H,5H2. The highest BCUT2D eigenvalue weighted by Crippen LogP contribution is 2.22. The fraction of sp³-hybridized carbons (Fsp3) is 0.143. The molecule has 2 nitrogen and oxygen atoms in total. The maximum absolute atomic E-state index is 10.5. The molecule has 0 N–H and O–H groups in total. The summed E-state index contributed by atoms with van der Waals surface area (Å²) in [5.41, 5.74) is 0. The third kappa shape index (κ3) is 4.81. The SMILES string of the molecule is O=S(=O)(Cl)CC=Cc1ccc(Br)s1. The van der Waals surface area contributed by atoms with E-state index in [0.29, 0.717) is 0 Å². The molecule has 6 heteroatoms. The van der Waals surface area contributed by atoms with Crippen LogP contribution in [0.2, 0.25) is 0 Å². The first-order valence-electron chi connectivity index (χ1n) is 3.31. The van der Waals surface area contributed by atoms with Crippen LogP contribution in [0.5, 0.6) is 0 Å². The van der Waals surface area contributed by atoms with Crippen LogP contribution in [-0.4, -0.2) is 14.2 Å². The number of hydrogen-bond acceptors (Lipinski definition) is 3. The Balaban J connectivity index is 2.60. The third-order valence-electron chi connectivity index (χ3n) is 1.17. The van der Waals surface area contributed by atoms with Crippen molar-refractivity contribution in [3.05, 3.63) is 26.9 Å². The molecule has 13 heavy (non-hydrogen) atoms. The van der Waals surface area contributed by atoms with Crippen LogP contribution in [0.3, 0.4) is 0 Å². The van der Waals surface area contributed by atoms with E-state index in [2.05, 4.69) is 15.9 Å². The van der Waals surface area contributed by atoms with Gasteiger partial charge >= 0.3 is 0 Å². The number of rotatable bonds is 3. The van der Waals surface area contributed by atoms with Crippen molar-refractivity contribution >= 4 is 53.1 Å². The summed E-state index contributed by atoms with van der Waals surface area (Å²) in [4.78, 5) is 0.993. The second-order valence-corrected chi connectivity index (χ2v) is 7.57. The van der Waals surface area contributed by atoms with Crippen molar-refractivity contribution in [2.45, 2.75) is 0 Å². The van der Waals surface area contributed by atoms with E-state index < -0.39 is 9.05 Å². The van der Waals surface area contributed by atoms with Gasteiger partial charge in [-0.1, -0.05) is 6.08 Å². The molecule has 0 spiro atoms. The van der Waals surface area contributed by atoms with Crippen molar-refractivity contribution in [1.82, 2.24) is 0 Å². The molecule has 0 aliphatic carbocycles. The molecule has 0 radical (unpaired) electrons. The molecule has 0 aliphatic heterocycles. The molecule has 72 valence electrons. The zero-order valence-corrected chi connectivity index (χ0v) is 10.4. The number of halogens is 2. The zero-order chi connectivity index (χ0) is 9.90. The lowest BCUT2D eigenvalue weighted by atomic mass is 10.4. The Morgan fingerprint density at radius 2 is 2.23 bits per heavy atom. The average molecular weight is 302 g/mol. The first kappa shape index (κ1) is 11.2. The van der Waals surface area contributed by atoms with Crippen LogP contribution < -0.4 is 0 Å². The predicted octanol–water partition coefficient (Wildman–Crippen LogP) is 3.09. The lowest BCUT2D eigenvalue weighted by Crippen LogP contribution is -1.91. The van der Waals surface area contributed by atoms with Crippen molar-refractivity contribution < 1.29 is 8.42 Å². The van der Waals surface area contributed by atoms with Crippen LogP contribution in [0, 0.1) is 0 Å². The molecule has 1 heterocycles. The molecule has 0 fully saturated rings. The highest BCUT2D eigenvalue weighted by atomic mass is 79.9. The molecule has 0 amide bonds. The van der Waals surface area contributed by atoms with Crippen molar-refractivity contribution in [1.29, 1.82) is 0 Å². The number of thiophene rings is 1. The van der Waals surface area contributed by atoms with Crippen LogP contribution in [0.15, 0.2) is 22.0 Å². The molecule has 0 saturated heterocycles. The van der Waals surface area contributed by atoms with Crippen molar-refractivity contribution in [3.63, 3.8) is 0 Å². The Kier molecular flexibility index (Phi) is 3.97. The summed E-state index contributed by atoms with van der Waals surface area (Å²) >= 11 is 4.83. The zero-order valence-electron chi connectivity index (χ0n) is 6.41. The monoisotopic (exact) mass is 300 g/mol. The van der Waals surface area contributed by atoms with Gasteiger partial charge in [-0.25, -0.2) is 8.42 Å². The van der Waals surface area contributed by atoms with Crippen LogP contribution >= 0.6 is 37.9 Å². The Bertz CT molecular complexity index is 408. The van der Waals surface area contributed by atoms with Gasteiger partial charge in [0.25, 0.3) is 0 Å². The summed E-state index contributed by atoms with van der Waals surface area (Å²) in [6.45, 7) is 0. The second kappa shape index (κ2) is 4.59. The van der Waals surface area contributed by atoms with E-state index in [1.54, 1.807) is 6.08 Å². The Morgan fingerprint density at radius 3 is 2.69 bits per heavy atom. The van der Waals surface area contributed by atoms with Gasteiger partial charge in [-0.15, -0.1) is 11.3 Å². The lowest BCUT2D eigenvalue weighted by Gasteiger charge is -1.85. The normalized spacial score (nSPS) is 12.5. The topological polar surface area (TPSA) is 34.1 Å². The van der Waals surface area contributed by atoms with Gasteiger partial charge < -0.3 is 0 Å². The van der Waals surface area contributed by atoms with Gasteiger partial charge in [-0.05, 0) is 34.1 Å². The van der Waals surface area contributed by atoms with Crippen molar-refractivity contribution in [3.8, 4) is 0 Å². The van der Waals surface area contributed by atoms with Gasteiger partial charge in [-0.3, -0.25) is 0 Å². The predicted molar refractivity (Wildman–Crippen MR) is 60.7 cm³/mol. The van der Waals surface area contributed by atoms with Gasteiger partial charge in [0.05, 0.1) is 9.54 Å². The van der Waals surface area contributed by atoms with Gasteiger partial charge in [0.15, 0.2) is 0 Å². The summed E-state index contributed by atoms with van der Waals surface area (Å²) in [5.74, 6) is -0.135. The summed E-state index contributed by atoms with van der Waals surface area (Å²) in [5, 5.41) is 0. The minimum Gasteiger partial charge on any atom is -0.212 e. The second-order valence-electron chi connectivity index (χ2n) is 2.25. The quantitative estimate of drug-likeness (QED) is 0.804. The fourth-order valence-corrected chi connectivity index (χ4v) is 2.60. The van der Waals surface area contributed by atoms with E-state index in [0.717, 1.165) is 8.66 Å². The Labute approximate surface area is 93.8 Å². The summed E-state index contributed by atoms with van der Waals surface area (Å²) in [6.07, 6.45) is 3.26. The Hall–Kier alpha value is 0.160. The fourth-order valence-electron chi connectivity index (χ4n) is 0.697. The maximum atomic E-state index is 10.5.